The van der Waals surface area contributed by atoms with Gasteiger partial charge in [-0.25, -0.2) is 0 Å². The number of hydrogen-bond acceptors (Lipinski definition) is 2. The summed E-state index contributed by atoms with van der Waals surface area (Å²) in [6.07, 6.45) is 0. The van der Waals surface area contributed by atoms with Crippen molar-refractivity contribution in [1.82, 2.24) is 0 Å². The van der Waals surface area contributed by atoms with Crippen molar-refractivity contribution in [2.45, 2.75) is 26.2 Å². The van der Waals surface area contributed by atoms with E-state index < -0.39 is 0 Å². The van der Waals surface area contributed by atoms with Crippen molar-refractivity contribution < 1.29 is 0 Å². The Morgan fingerprint density at radius 2 is 1.64 bits per heavy atom. The maximum atomic E-state index is 4.24. The van der Waals surface area contributed by atoms with E-state index in [1.807, 2.05) is 7.05 Å². The monoisotopic (exact) mass is 209 g/mol. The van der Waals surface area contributed by atoms with E-state index in [1.54, 1.807) is 0 Å². The summed E-state index contributed by atoms with van der Waals surface area (Å²) in [7, 11) is 2.04. The van der Waals surface area contributed by atoms with Crippen LogP contribution in [0, 0.1) is 0 Å². The first-order chi connectivity index (χ1) is 6.45. The molecule has 1 aromatic carbocycles. The van der Waals surface area contributed by atoms with Gasteiger partial charge < -0.3 is 4.90 Å². The predicted octanol–water partition coefficient (Wildman–Crippen LogP) is 3.31. The summed E-state index contributed by atoms with van der Waals surface area (Å²) in [5.74, 6) is 0.745. The van der Waals surface area contributed by atoms with Crippen LogP contribution in [0.3, 0.4) is 0 Å². The zero-order valence-electron chi connectivity index (χ0n) is 9.41. The maximum Gasteiger partial charge on any atom is 0.0606 e. The van der Waals surface area contributed by atoms with Crippen molar-refractivity contribution in [3.8, 4) is 0 Å². The van der Waals surface area contributed by atoms with Gasteiger partial charge in [0.15, 0.2) is 0 Å². The Morgan fingerprint density at radius 1 is 1.14 bits per heavy atom. The fourth-order valence-electron chi connectivity index (χ4n) is 1.30. The molecule has 0 aliphatic heterocycles. The molecule has 0 amide bonds. The number of hydrogen-bond donors (Lipinski definition) is 1. The molecular weight excluding hydrogens is 190 g/mol. The fourth-order valence-corrected chi connectivity index (χ4v) is 1.46. The third-order valence-electron chi connectivity index (χ3n) is 2.39. The standard InChI is InChI=1S/C12H19NS/c1-12(2,3)10-5-7-11(8-6-10)13(4)9-14/h5-8,14H,9H2,1-4H3. The number of rotatable bonds is 2. The number of anilines is 1. The van der Waals surface area contributed by atoms with Gasteiger partial charge in [0.1, 0.15) is 0 Å². The molecule has 14 heavy (non-hydrogen) atoms. The third-order valence-corrected chi connectivity index (χ3v) is 2.81. The van der Waals surface area contributed by atoms with Crippen LogP contribution in [-0.2, 0) is 5.41 Å². The molecule has 0 aliphatic rings. The van der Waals surface area contributed by atoms with Crippen molar-refractivity contribution in [2.75, 3.05) is 17.8 Å². The number of thiol groups is 1. The van der Waals surface area contributed by atoms with E-state index in [-0.39, 0.29) is 5.41 Å². The number of nitrogens with zero attached hydrogens (tertiary/aromatic N) is 1. The highest BCUT2D eigenvalue weighted by molar-refractivity contribution is 7.80. The molecule has 78 valence electrons. The lowest BCUT2D eigenvalue weighted by Gasteiger charge is -2.21. The van der Waals surface area contributed by atoms with Crippen LogP contribution >= 0.6 is 12.6 Å². The van der Waals surface area contributed by atoms with Gasteiger partial charge in [-0.1, -0.05) is 32.9 Å². The lowest BCUT2D eigenvalue weighted by molar-refractivity contribution is 0.590. The van der Waals surface area contributed by atoms with E-state index in [4.69, 9.17) is 0 Å². The van der Waals surface area contributed by atoms with E-state index in [2.05, 4.69) is 62.6 Å². The zero-order chi connectivity index (χ0) is 10.8. The highest BCUT2D eigenvalue weighted by atomic mass is 32.1. The Kier molecular flexibility index (Phi) is 3.48. The van der Waals surface area contributed by atoms with Crippen molar-refractivity contribution in [1.29, 1.82) is 0 Å². The van der Waals surface area contributed by atoms with Gasteiger partial charge in [-0.3, -0.25) is 0 Å². The Balaban J connectivity index is 2.89. The summed E-state index contributed by atoms with van der Waals surface area (Å²) in [4.78, 5) is 2.11. The largest absolute Gasteiger partial charge is 0.366 e. The van der Waals surface area contributed by atoms with E-state index in [0.717, 1.165) is 5.88 Å². The van der Waals surface area contributed by atoms with Crippen molar-refractivity contribution in [3.05, 3.63) is 29.8 Å². The molecule has 0 aliphatic carbocycles. The zero-order valence-corrected chi connectivity index (χ0v) is 10.3. The average molecular weight is 209 g/mol. The molecule has 2 heteroatoms. The minimum atomic E-state index is 0.234. The Hall–Kier alpha value is -0.630. The molecule has 0 spiro atoms. The smallest absolute Gasteiger partial charge is 0.0606 e. The molecule has 0 bridgehead atoms. The summed E-state index contributed by atoms with van der Waals surface area (Å²) in [5.41, 5.74) is 2.82. The third kappa shape index (κ3) is 2.68. The quantitative estimate of drug-likeness (QED) is 0.578. The Bertz CT molecular complexity index is 284. The SMILES string of the molecule is CN(CS)c1ccc(C(C)(C)C)cc1. The molecule has 0 atom stereocenters. The van der Waals surface area contributed by atoms with Gasteiger partial charge >= 0.3 is 0 Å². The molecule has 0 saturated carbocycles. The number of benzene rings is 1. The second-order valence-electron chi connectivity index (χ2n) is 4.64. The summed E-state index contributed by atoms with van der Waals surface area (Å²) >= 11 is 4.24. The Morgan fingerprint density at radius 3 is 2.00 bits per heavy atom. The van der Waals surface area contributed by atoms with Crippen LogP contribution in [0.15, 0.2) is 24.3 Å². The first-order valence-corrected chi connectivity index (χ1v) is 5.51. The summed E-state index contributed by atoms with van der Waals surface area (Å²) in [5, 5.41) is 0. The minimum absolute atomic E-state index is 0.234. The minimum Gasteiger partial charge on any atom is -0.366 e. The van der Waals surface area contributed by atoms with Crippen LogP contribution in [0.4, 0.5) is 5.69 Å². The van der Waals surface area contributed by atoms with Gasteiger partial charge in [-0.05, 0) is 23.1 Å². The first-order valence-electron chi connectivity index (χ1n) is 4.87. The molecule has 1 aromatic rings. The molecule has 0 aromatic heterocycles. The second kappa shape index (κ2) is 4.26. The molecule has 1 rings (SSSR count). The van der Waals surface area contributed by atoms with Crippen LogP contribution in [0.1, 0.15) is 26.3 Å². The van der Waals surface area contributed by atoms with Gasteiger partial charge in [0.2, 0.25) is 0 Å². The van der Waals surface area contributed by atoms with Crippen LogP contribution in [-0.4, -0.2) is 12.9 Å². The van der Waals surface area contributed by atoms with Gasteiger partial charge in [0, 0.05) is 12.7 Å². The second-order valence-corrected chi connectivity index (χ2v) is 4.92. The van der Waals surface area contributed by atoms with Gasteiger partial charge in [-0.2, -0.15) is 12.6 Å². The van der Waals surface area contributed by atoms with Gasteiger partial charge in [0.05, 0.1) is 5.88 Å². The lowest BCUT2D eigenvalue weighted by Crippen LogP contribution is -2.15. The predicted molar refractivity (Wildman–Crippen MR) is 67.4 cm³/mol. The normalized spacial score (nSPS) is 11.5. The van der Waals surface area contributed by atoms with Gasteiger partial charge in [-0.15, -0.1) is 0 Å². The molecular formula is C12H19NS. The Labute approximate surface area is 92.5 Å². The molecule has 0 heterocycles. The van der Waals surface area contributed by atoms with Crippen LogP contribution < -0.4 is 4.90 Å². The summed E-state index contributed by atoms with van der Waals surface area (Å²) in [6, 6.07) is 8.68. The van der Waals surface area contributed by atoms with Crippen molar-refractivity contribution in [2.24, 2.45) is 0 Å². The highest BCUT2D eigenvalue weighted by Gasteiger charge is 2.12. The van der Waals surface area contributed by atoms with Crippen molar-refractivity contribution >= 4 is 18.3 Å². The van der Waals surface area contributed by atoms with Crippen molar-refractivity contribution in [3.63, 3.8) is 0 Å². The van der Waals surface area contributed by atoms with Crippen LogP contribution in [0.2, 0.25) is 0 Å². The summed E-state index contributed by atoms with van der Waals surface area (Å²) in [6.45, 7) is 6.68. The molecule has 0 radical (unpaired) electrons. The topological polar surface area (TPSA) is 3.24 Å². The fraction of sp³-hybridized carbons (Fsp3) is 0.500. The van der Waals surface area contributed by atoms with Crippen LogP contribution in [0.5, 0.6) is 0 Å². The summed E-state index contributed by atoms with van der Waals surface area (Å²) < 4.78 is 0. The molecule has 0 unspecified atom stereocenters. The molecule has 0 N–H and O–H groups in total. The van der Waals surface area contributed by atoms with E-state index in [1.165, 1.54) is 11.3 Å². The molecule has 0 saturated heterocycles. The highest BCUT2D eigenvalue weighted by Crippen LogP contribution is 2.24. The molecule has 0 fully saturated rings. The lowest BCUT2D eigenvalue weighted by atomic mass is 9.87. The van der Waals surface area contributed by atoms with E-state index in [9.17, 15) is 0 Å². The molecule has 1 nitrogen and oxygen atoms in total. The van der Waals surface area contributed by atoms with E-state index in [0.29, 0.717) is 0 Å². The maximum absolute atomic E-state index is 4.24. The van der Waals surface area contributed by atoms with Gasteiger partial charge in [0.25, 0.3) is 0 Å². The van der Waals surface area contributed by atoms with Crippen LogP contribution in [0.25, 0.3) is 0 Å². The van der Waals surface area contributed by atoms with E-state index >= 15 is 0 Å². The first kappa shape index (κ1) is 11.4. The average Bonchev–Trinajstić information content (AvgIpc) is 2.15.